The maximum absolute atomic E-state index is 13.5. The van der Waals surface area contributed by atoms with Crippen LogP contribution in [-0.4, -0.2) is 84.9 Å². The molecule has 5 N–H and O–H groups in total. The molecule has 0 spiro atoms. The van der Waals surface area contributed by atoms with Crippen molar-refractivity contribution in [3.8, 4) is 22.5 Å². The minimum atomic E-state index is -3.86. The van der Waals surface area contributed by atoms with Gasteiger partial charge < -0.3 is 35.7 Å². The van der Waals surface area contributed by atoms with Gasteiger partial charge in [0.25, 0.3) is 10.0 Å². The SMILES string of the molecule is CC(C)(C)OC(=O)N[C@H]1CCC[C@@H](Nc2ncc(Cl)c(-c3c[nH]c4ccccc34)n2)C1.CC(C)(C)OC(=O)N[C@H]1CCC[C@@H](Nc2ncc(Cl)c(-c3cn(S(=O)(=O)c4ccccc4)c4ccccc34)n2)C1. The summed E-state index contributed by atoms with van der Waals surface area (Å²) in [6, 6.07) is 23.8. The highest BCUT2D eigenvalue weighted by Crippen LogP contribution is 2.37. The van der Waals surface area contributed by atoms with Gasteiger partial charge in [0.05, 0.1) is 44.2 Å². The van der Waals surface area contributed by atoms with Gasteiger partial charge in [-0.1, -0.05) is 77.8 Å². The fraction of sp³-hybridized carbons (Fsp3) is 0.385. The number of aromatic amines is 1. The first kappa shape index (κ1) is 50.9. The van der Waals surface area contributed by atoms with Crippen molar-refractivity contribution in [2.45, 2.75) is 133 Å². The lowest BCUT2D eigenvalue weighted by Crippen LogP contribution is -2.44. The third-order valence-corrected chi connectivity index (χ3v) is 14.3. The lowest BCUT2D eigenvalue weighted by Gasteiger charge is -2.31. The van der Waals surface area contributed by atoms with Gasteiger partial charge in [-0.15, -0.1) is 0 Å². The lowest BCUT2D eigenvalue weighted by molar-refractivity contribution is 0.0479. The molecule has 4 atom stereocenters. The largest absolute Gasteiger partial charge is 0.444 e. The Hall–Kier alpha value is -6.43. The van der Waals surface area contributed by atoms with Gasteiger partial charge in [0.2, 0.25) is 11.9 Å². The number of fused-ring (bicyclic) bond motifs is 2. The number of hydrogen-bond donors (Lipinski definition) is 5. The monoisotopic (exact) mass is 1020 g/mol. The van der Waals surface area contributed by atoms with Crippen LogP contribution in [0.5, 0.6) is 0 Å². The van der Waals surface area contributed by atoms with E-state index in [1.54, 1.807) is 54.9 Å². The number of alkyl carbamates (subject to hydrolysis) is 2. The maximum atomic E-state index is 13.5. The number of ether oxygens (including phenoxy) is 2. The number of carbonyl (C=O) groups excluding carboxylic acids is 2. The zero-order valence-electron chi connectivity index (χ0n) is 40.6. The standard InChI is InChI=1S/C29H32ClN5O4S.C23H28ClN5O2/c1-29(2,3)39-28(36)33-20-11-9-10-19(16-20)32-27-31-17-24(30)26(34-27)23-18-35(25-15-8-7-14-22(23)25)40(37,38)21-12-5-4-6-13-21;1-23(2,3)31-22(30)28-15-8-6-7-14(11-15)27-21-26-13-18(24)20(29-21)17-12-25-19-10-5-4-9-16(17)19/h4-8,12-15,17-20H,9-11,16H2,1-3H3,(H,33,36)(H,31,32,34);4-5,9-10,12-15,25H,6-8,11H2,1-3H3,(H,28,30)(H,26,27,29)/t19-,20+;14-,15+/m11/s1. The Bertz CT molecular complexity index is 3120. The van der Waals surface area contributed by atoms with Gasteiger partial charge in [0.15, 0.2) is 0 Å². The lowest BCUT2D eigenvalue weighted by atomic mass is 9.91. The van der Waals surface area contributed by atoms with Crippen molar-refractivity contribution in [2.24, 2.45) is 0 Å². The van der Waals surface area contributed by atoms with E-state index in [2.05, 4.69) is 36.2 Å². The van der Waals surface area contributed by atoms with Gasteiger partial charge in [0, 0.05) is 64.0 Å². The van der Waals surface area contributed by atoms with Gasteiger partial charge in [-0.2, -0.15) is 0 Å². The molecule has 9 rings (SSSR count). The summed E-state index contributed by atoms with van der Waals surface area (Å²) in [6.45, 7) is 11.1. The quantitative estimate of drug-likeness (QED) is 0.0867. The summed E-state index contributed by atoms with van der Waals surface area (Å²) in [5.74, 6) is 0.915. The van der Waals surface area contributed by atoms with Crippen LogP contribution in [0.15, 0.2) is 109 Å². The van der Waals surface area contributed by atoms with Gasteiger partial charge in [-0.05, 0) is 117 Å². The molecule has 2 aliphatic rings. The van der Waals surface area contributed by atoms with E-state index in [1.807, 2.05) is 84.1 Å². The Morgan fingerprint density at radius 1 is 0.648 bits per heavy atom. The van der Waals surface area contributed by atoms with Crippen LogP contribution >= 0.6 is 23.2 Å². The van der Waals surface area contributed by atoms with Crippen molar-refractivity contribution < 1.29 is 27.5 Å². The second kappa shape index (κ2) is 21.5. The zero-order valence-corrected chi connectivity index (χ0v) is 43.0. The van der Waals surface area contributed by atoms with Gasteiger partial charge in [-0.25, -0.2) is 41.9 Å². The van der Waals surface area contributed by atoms with Crippen molar-refractivity contribution in [3.05, 3.63) is 114 Å². The number of nitrogens with one attached hydrogen (secondary N) is 5. The Balaban J connectivity index is 0.000000197. The first-order chi connectivity index (χ1) is 33.8. The second-order valence-electron chi connectivity index (χ2n) is 19.9. The summed E-state index contributed by atoms with van der Waals surface area (Å²) >= 11 is 13.0. The molecule has 2 aliphatic carbocycles. The Morgan fingerprint density at radius 2 is 1.13 bits per heavy atom. The average molecular weight is 1020 g/mol. The molecular formula is C52H60Cl2N10O6S. The summed E-state index contributed by atoms with van der Waals surface area (Å²) in [5, 5.41) is 15.3. The minimum absolute atomic E-state index is 0.0301. The molecule has 0 saturated heterocycles. The van der Waals surface area contributed by atoms with Crippen LogP contribution < -0.4 is 21.3 Å². The van der Waals surface area contributed by atoms with Gasteiger partial charge in [0.1, 0.15) is 11.2 Å². The highest BCUT2D eigenvalue weighted by Gasteiger charge is 2.29. The van der Waals surface area contributed by atoms with Crippen molar-refractivity contribution in [2.75, 3.05) is 10.6 Å². The molecule has 2 fully saturated rings. The van der Waals surface area contributed by atoms with Crippen LogP contribution in [0.25, 0.3) is 44.3 Å². The third kappa shape index (κ3) is 12.9. The molecule has 71 heavy (non-hydrogen) atoms. The van der Waals surface area contributed by atoms with Crippen LogP contribution in [0.4, 0.5) is 21.5 Å². The van der Waals surface area contributed by atoms with Crippen LogP contribution in [0.2, 0.25) is 10.0 Å². The minimum Gasteiger partial charge on any atom is -0.444 e. The fourth-order valence-electron chi connectivity index (χ4n) is 8.98. The Kier molecular flexibility index (Phi) is 15.4. The molecule has 2 amide bonds. The van der Waals surface area contributed by atoms with E-state index in [0.29, 0.717) is 56.2 Å². The van der Waals surface area contributed by atoms with Crippen molar-refractivity contribution in [1.29, 1.82) is 0 Å². The number of H-pyrrole nitrogens is 1. The topological polar surface area (TPSA) is 207 Å². The highest BCUT2D eigenvalue weighted by molar-refractivity contribution is 7.90. The molecule has 16 nitrogen and oxygen atoms in total. The number of para-hydroxylation sites is 2. The molecule has 0 bridgehead atoms. The zero-order chi connectivity index (χ0) is 50.5. The smallest absolute Gasteiger partial charge is 0.407 e. The molecule has 19 heteroatoms. The summed E-state index contributed by atoms with van der Waals surface area (Å²) < 4.78 is 39.1. The van der Waals surface area contributed by atoms with Crippen LogP contribution in [0.3, 0.4) is 0 Å². The Labute approximate surface area is 424 Å². The number of halogens is 2. The van der Waals surface area contributed by atoms with E-state index in [0.717, 1.165) is 61.4 Å². The number of carbonyl (C=O) groups is 2. The molecule has 3 aromatic carbocycles. The molecule has 7 aromatic rings. The molecule has 0 radical (unpaired) electrons. The van der Waals surface area contributed by atoms with Crippen molar-refractivity contribution in [1.82, 2.24) is 39.5 Å². The predicted octanol–water partition coefficient (Wildman–Crippen LogP) is 11.8. The van der Waals surface area contributed by atoms with Crippen molar-refractivity contribution >= 4 is 79.1 Å². The summed E-state index contributed by atoms with van der Waals surface area (Å²) in [4.78, 5) is 46.0. The number of aromatic nitrogens is 6. The molecule has 2 saturated carbocycles. The van der Waals surface area contributed by atoms with Gasteiger partial charge in [-0.3, -0.25) is 0 Å². The molecule has 374 valence electrons. The number of rotatable bonds is 10. The first-order valence-electron chi connectivity index (χ1n) is 23.8. The number of hydrogen-bond acceptors (Lipinski definition) is 12. The van der Waals surface area contributed by atoms with Crippen molar-refractivity contribution in [3.63, 3.8) is 0 Å². The Morgan fingerprint density at radius 3 is 1.68 bits per heavy atom. The number of benzene rings is 3. The maximum Gasteiger partial charge on any atom is 0.407 e. The van der Waals surface area contributed by atoms with E-state index in [1.165, 1.54) is 10.2 Å². The normalized spacial score (nSPS) is 18.5. The molecule has 0 unspecified atom stereocenters. The molecular weight excluding hydrogens is 964 g/mol. The molecule has 0 aliphatic heterocycles. The van der Waals surface area contributed by atoms with Crippen LogP contribution in [-0.2, 0) is 19.5 Å². The summed E-state index contributed by atoms with van der Waals surface area (Å²) in [7, 11) is -3.86. The van der Waals surface area contributed by atoms with Gasteiger partial charge >= 0.3 is 12.2 Å². The fourth-order valence-corrected chi connectivity index (χ4v) is 10.8. The summed E-state index contributed by atoms with van der Waals surface area (Å²) in [5.41, 5.74) is 3.13. The number of nitrogens with zero attached hydrogens (tertiary/aromatic N) is 5. The van der Waals surface area contributed by atoms with Crippen LogP contribution in [0.1, 0.15) is 92.9 Å². The van der Waals surface area contributed by atoms with E-state index in [9.17, 15) is 18.0 Å². The van der Waals surface area contributed by atoms with E-state index >= 15 is 0 Å². The first-order valence-corrected chi connectivity index (χ1v) is 26.0. The van der Waals surface area contributed by atoms with Crippen LogP contribution in [0, 0.1) is 0 Å². The second-order valence-corrected chi connectivity index (χ2v) is 22.5. The van der Waals surface area contributed by atoms with E-state index in [-0.39, 0.29) is 35.2 Å². The summed E-state index contributed by atoms with van der Waals surface area (Å²) in [6.07, 6.45) is 12.9. The molecule has 4 heterocycles. The average Bonchev–Trinajstić information content (AvgIpc) is 3.93. The predicted molar refractivity (Wildman–Crippen MR) is 279 cm³/mol. The third-order valence-electron chi connectivity index (χ3n) is 12.0. The molecule has 4 aromatic heterocycles. The van der Waals surface area contributed by atoms with E-state index in [4.69, 9.17) is 42.6 Å². The number of anilines is 2. The van der Waals surface area contributed by atoms with E-state index < -0.39 is 27.3 Å². The highest BCUT2D eigenvalue weighted by atomic mass is 35.5. The number of amides is 2.